The molecule has 2 aliphatic rings. The maximum absolute atomic E-state index is 12.9. The van der Waals surface area contributed by atoms with Crippen molar-refractivity contribution in [2.75, 3.05) is 11.9 Å². The van der Waals surface area contributed by atoms with Crippen LogP contribution in [0.15, 0.2) is 18.2 Å². The Kier molecular flexibility index (Phi) is 5.03. The summed E-state index contributed by atoms with van der Waals surface area (Å²) in [7, 11) is 0. The maximum atomic E-state index is 12.9. The van der Waals surface area contributed by atoms with Gasteiger partial charge in [0.05, 0.1) is 0 Å². The molecule has 0 unspecified atom stereocenters. The highest BCUT2D eigenvalue weighted by atomic mass is 16.2. The number of hydrogen-bond donors (Lipinski definition) is 2. The zero-order valence-electron chi connectivity index (χ0n) is 15.7. The van der Waals surface area contributed by atoms with Crippen LogP contribution >= 0.6 is 0 Å². The molecule has 1 aliphatic carbocycles. The van der Waals surface area contributed by atoms with Crippen LogP contribution in [-0.2, 0) is 9.59 Å². The Morgan fingerprint density at radius 3 is 2.62 bits per heavy atom. The summed E-state index contributed by atoms with van der Waals surface area (Å²) in [6, 6.07) is 5.20. The number of hydrogen-bond acceptors (Lipinski definition) is 3. The van der Waals surface area contributed by atoms with Gasteiger partial charge in [0.2, 0.25) is 5.91 Å². The number of urea groups is 1. The minimum atomic E-state index is -0.803. The van der Waals surface area contributed by atoms with E-state index < -0.39 is 11.6 Å². The minimum absolute atomic E-state index is 0.253. The molecule has 0 aromatic heterocycles. The van der Waals surface area contributed by atoms with Crippen LogP contribution in [0.3, 0.4) is 0 Å². The molecule has 1 saturated carbocycles. The summed E-state index contributed by atoms with van der Waals surface area (Å²) >= 11 is 0. The van der Waals surface area contributed by atoms with Crippen molar-refractivity contribution in [1.82, 2.24) is 10.2 Å². The van der Waals surface area contributed by atoms with Gasteiger partial charge < -0.3 is 10.6 Å². The largest absolute Gasteiger partial charge is 0.325 e. The molecule has 140 valence electrons. The van der Waals surface area contributed by atoms with Crippen molar-refractivity contribution >= 4 is 23.5 Å². The number of imide groups is 1. The Morgan fingerprint density at radius 2 is 1.96 bits per heavy atom. The SMILES string of the molecule is CCC1CCC2(CC1)NC(=O)N(CC(=O)Nc1cccc(C)c1C)C2=O. The summed E-state index contributed by atoms with van der Waals surface area (Å²) in [5, 5.41) is 5.67. The van der Waals surface area contributed by atoms with Gasteiger partial charge in [0.15, 0.2) is 0 Å². The summed E-state index contributed by atoms with van der Waals surface area (Å²) < 4.78 is 0. The van der Waals surface area contributed by atoms with Crippen LogP contribution in [0, 0.1) is 19.8 Å². The van der Waals surface area contributed by atoms with E-state index in [2.05, 4.69) is 17.6 Å². The van der Waals surface area contributed by atoms with Crippen molar-refractivity contribution in [3.8, 4) is 0 Å². The zero-order chi connectivity index (χ0) is 18.9. The first-order valence-electron chi connectivity index (χ1n) is 9.36. The fourth-order valence-electron chi connectivity index (χ4n) is 3.96. The lowest BCUT2D eigenvalue weighted by atomic mass is 9.75. The van der Waals surface area contributed by atoms with Crippen molar-refractivity contribution in [1.29, 1.82) is 0 Å². The fourth-order valence-corrected chi connectivity index (χ4v) is 3.96. The van der Waals surface area contributed by atoms with E-state index in [4.69, 9.17) is 0 Å². The molecule has 1 aromatic rings. The number of benzene rings is 1. The van der Waals surface area contributed by atoms with Gasteiger partial charge in [0, 0.05) is 5.69 Å². The average molecular weight is 357 g/mol. The third-order valence-corrected chi connectivity index (χ3v) is 5.96. The van der Waals surface area contributed by atoms with Gasteiger partial charge in [-0.3, -0.25) is 14.5 Å². The Labute approximate surface area is 154 Å². The predicted molar refractivity (Wildman–Crippen MR) is 99.8 cm³/mol. The van der Waals surface area contributed by atoms with Crippen LogP contribution in [0.2, 0.25) is 0 Å². The van der Waals surface area contributed by atoms with E-state index in [1.807, 2.05) is 32.0 Å². The molecule has 6 nitrogen and oxygen atoms in total. The van der Waals surface area contributed by atoms with E-state index >= 15 is 0 Å². The minimum Gasteiger partial charge on any atom is -0.324 e. The lowest BCUT2D eigenvalue weighted by Gasteiger charge is -2.34. The summed E-state index contributed by atoms with van der Waals surface area (Å²) in [6.45, 7) is 5.80. The standard InChI is InChI=1S/C20H27N3O3/c1-4-15-8-10-20(11-9-15)18(25)23(19(26)22-20)12-17(24)21-16-7-5-6-13(2)14(16)3/h5-7,15H,4,8-12H2,1-3H3,(H,21,24)(H,22,26). The summed E-state index contributed by atoms with van der Waals surface area (Å²) in [6.07, 6.45) is 4.28. The lowest BCUT2D eigenvalue weighted by Crippen LogP contribution is -2.49. The molecule has 2 N–H and O–H groups in total. The fraction of sp³-hybridized carbons (Fsp3) is 0.550. The van der Waals surface area contributed by atoms with Gasteiger partial charge in [-0.2, -0.15) is 0 Å². The molecule has 0 bridgehead atoms. The first-order valence-corrected chi connectivity index (χ1v) is 9.36. The topological polar surface area (TPSA) is 78.5 Å². The summed E-state index contributed by atoms with van der Waals surface area (Å²) in [4.78, 5) is 38.7. The first-order chi connectivity index (χ1) is 12.4. The summed E-state index contributed by atoms with van der Waals surface area (Å²) in [5.74, 6) is 0.00151. The molecule has 2 fully saturated rings. The van der Waals surface area contributed by atoms with E-state index in [1.165, 1.54) is 0 Å². The second-order valence-electron chi connectivity index (χ2n) is 7.55. The van der Waals surface area contributed by atoms with E-state index in [-0.39, 0.29) is 18.4 Å². The maximum Gasteiger partial charge on any atom is 0.325 e. The Bertz CT molecular complexity index is 736. The molecule has 1 aliphatic heterocycles. The molecule has 1 heterocycles. The second-order valence-corrected chi connectivity index (χ2v) is 7.55. The van der Waals surface area contributed by atoms with Crippen LogP contribution < -0.4 is 10.6 Å². The normalized spacial score (nSPS) is 25.5. The molecule has 6 heteroatoms. The first kappa shape index (κ1) is 18.4. The third kappa shape index (κ3) is 3.32. The number of nitrogens with zero attached hydrogens (tertiary/aromatic N) is 1. The van der Waals surface area contributed by atoms with Crippen molar-refractivity contribution in [2.24, 2.45) is 5.92 Å². The molecular weight excluding hydrogens is 330 g/mol. The lowest BCUT2D eigenvalue weighted by molar-refractivity contribution is -0.135. The number of anilines is 1. The van der Waals surface area contributed by atoms with Crippen LogP contribution in [-0.4, -0.2) is 34.8 Å². The van der Waals surface area contributed by atoms with Crippen molar-refractivity contribution in [3.63, 3.8) is 0 Å². The predicted octanol–water partition coefficient (Wildman–Crippen LogP) is 3.13. The van der Waals surface area contributed by atoms with Crippen molar-refractivity contribution < 1.29 is 14.4 Å². The molecular formula is C20H27N3O3. The highest BCUT2D eigenvalue weighted by Crippen LogP contribution is 2.37. The second kappa shape index (κ2) is 7.09. The van der Waals surface area contributed by atoms with Crippen LogP contribution in [0.4, 0.5) is 10.5 Å². The van der Waals surface area contributed by atoms with E-state index in [1.54, 1.807) is 0 Å². The number of rotatable bonds is 4. The van der Waals surface area contributed by atoms with Crippen molar-refractivity contribution in [2.45, 2.75) is 58.4 Å². The monoisotopic (exact) mass is 357 g/mol. The number of carbonyl (C=O) groups is 3. The number of carbonyl (C=O) groups excluding carboxylic acids is 3. The molecule has 26 heavy (non-hydrogen) atoms. The Morgan fingerprint density at radius 1 is 1.27 bits per heavy atom. The average Bonchev–Trinajstić information content (AvgIpc) is 2.84. The van der Waals surface area contributed by atoms with Gasteiger partial charge >= 0.3 is 6.03 Å². The van der Waals surface area contributed by atoms with Gasteiger partial charge in [-0.1, -0.05) is 25.5 Å². The Hall–Kier alpha value is -2.37. The van der Waals surface area contributed by atoms with Crippen molar-refractivity contribution in [3.05, 3.63) is 29.3 Å². The van der Waals surface area contributed by atoms with E-state index in [0.717, 1.165) is 35.3 Å². The van der Waals surface area contributed by atoms with E-state index in [0.29, 0.717) is 24.4 Å². The van der Waals surface area contributed by atoms with Crippen LogP contribution in [0.25, 0.3) is 0 Å². The highest BCUT2D eigenvalue weighted by Gasteiger charge is 2.52. The molecule has 1 aromatic carbocycles. The van der Waals surface area contributed by atoms with Gasteiger partial charge in [0.1, 0.15) is 12.1 Å². The molecule has 0 radical (unpaired) electrons. The molecule has 1 saturated heterocycles. The van der Waals surface area contributed by atoms with Gasteiger partial charge in [-0.15, -0.1) is 0 Å². The molecule has 1 spiro atoms. The van der Waals surface area contributed by atoms with E-state index in [9.17, 15) is 14.4 Å². The number of amides is 4. The van der Waals surface area contributed by atoms with Gasteiger partial charge in [0.25, 0.3) is 5.91 Å². The molecule has 0 atom stereocenters. The molecule has 4 amide bonds. The van der Waals surface area contributed by atoms with Crippen LogP contribution in [0.1, 0.15) is 50.2 Å². The van der Waals surface area contributed by atoms with Gasteiger partial charge in [-0.05, 0) is 62.6 Å². The number of nitrogens with one attached hydrogen (secondary N) is 2. The summed E-state index contributed by atoms with van der Waals surface area (Å²) in [5.41, 5.74) is 1.96. The number of aryl methyl sites for hydroxylation is 1. The zero-order valence-corrected chi connectivity index (χ0v) is 15.7. The van der Waals surface area contributed by atoms with Crippen LogP contribution in [0.5, 0.6) is 0 Å². The molecule has 3 rings (SSSR count). The highest BCUT2D eigenvalue weighted by molar-refractivity contribution is 6.10. The smallest absolute Gasteiger partial charge is 0.324 e. The van der Waals surface area contributed by atoms with Gasteiger partial charge in [-0.25, -0.2) is 4.79 Å². The Balaban J connectivity index is 1.66. The third-order valence-electron chi connectivity index (χ3n) is 5.96. The quantitative estimate of drug-likeness (QED) is 0.813.